The molecule has 3 aliphatic heterocycles. The van der Waals surface area contributed by atoms with Crippen molar-refractivity contribution in [2.75, 3.05) is 65.9 Å². The number of primary amides is 1. The summed E-state index contributed by atoms with van der Waals surface area (Å²) in [5.74, 6) is -21.7. The zero-order valence-electron chi connectivity index (χ0n) is 77.3. The van der Waals surface area contributed by atoms with Crippen LogP contribution < -0.4 is 69.4 Å². The summed E-state index contributed by atoms with van der Waals surface area (Å²) >= 11 is 0.764. The Bertz CT molecular complexity index is 5320. The molecule has 0 spiro atoms. The Morgan fingerprint density at radius 2 is 1.05 bits per heavy atom. The molecule has 3 fully saturated rings. The first-order valence-corrected chi connectivity index (χ1v) is 46.5. The van der Waals surface area contributed by atoms with Crippen LogP contribution in [0.15, 0.2) is 97.7 Å². The molecule has 3 saturated heterocycles. The molecule has 46 heteroatoms. The average Bonchev–Trinajstić information content (AvgIpc) is 1.77. The van der Waals surface area contributed by atoms with Gasteiger partial charge in [-0.3, -0.25) is 91.1 Å². The number of nitrogens with two attached hydrogens (primary N) is 2. The topological polar surface area (TPSA) is 663 Å². The molecule has 6 heterocycles. The lowest BCUT2D eigenvalue weighted by Gasteiger charge is -2.36. The number of para-hydroxylation sites is 2. The molecule has 6 aromatic rings. The van der Waals surface area contributed by atoms with Crippen LogP contribution in [0, 0.1) is 0 Å². The van der Waals surface area contributed by atoms with Gasteiger partial charge in [0.25, 0.3) is 0 Å². The molecule has 16 amide bonds. The van der Waals surface area contributed by atoms with Crippen LogP contribution in [0.3, 0.4) is 0 Å². The fourth-order valence-electron chi connectivity index (χ4n) is 16.7. The Morgan fingerprint density at radius 3 is 1.64 bits per heavy atom. The van der Waals surface area contributed by atoms with Crippen LogP contribution in [-0.4, -0.2) is 334 Å². The number of aliphatic hydroxyl groups excluding tert-OH is 1. The molecule has 15 atom stereocenters. The highest BCUT2D eigenvalue weighted by Crippen LogP contribution is 2.28. The molecule has 742 valence electrons. The largest absolute Gasteiger partial charge is 0.497 e. The molecule has 21 N–H and O–H groups in total. The number of aromatic nitrogens is 4. The van der Waals surface area contributed by atoms with E-state index in [1.807, 2.05) is 13.8 Å². The van der Waals surface area contributed by atoms with Gasteiger partial charge in [-0.1, -0.05) is 88.1 Å². The predicted octanol–water partition coefficient (Wildman–Crippen LogP) is -2.25. The standard InChI is InChI=1S/C91H123N21O24S/c1-8-10-23-69-84(128)100-60(22-16-32-92)80(124)107-68(79(123)97-44-73(93)114)46-137-47-74(115)99-65(34-50-26-28-55(136-7)29-27-50)87(131)108(4)49(3)78(122)105-67(40-77(120)121)90(134)111-33-17-25-70(111)85(129)104-63(37-53-43-94-48-98-53)82(126)101-61(30-31-75(116)117)89(133)112-45-54(113)38-72(112)86(130)103-62(35-51-41-95-58-20-14-12-18-56(51)58)81(125)102-64(39-76(118)119)83(127)106-66(36-52-42-96-59-21-15-13-19-57(52)59)88(132)110(6)71(24-11-9-2)91(135)109(69)5/h12-15,18-21,26-29,41-43,48-49,54,60-72,95-96,113H,8-11,16-17,22-25,30-40,44-47,92H2,1-7H3,(H2,93,114)(H,94,98)(H,97,123)(H,99,115)(H,100,128)(H,101,126)(H,102,125)(H,103,130)(H,104,129)(H,105,122)(H,106,127)(H,107,124)(H,116,117)(H,118,119)(H,120,121)/t49-,54+,60-,61-,62-,63-,64-,65-,66-,67-,68-,69-,70?,71-,72-/m0/s1. The van der Waals surface area contributed by atoms with Gasteiger partial charge in [0, 0.05) is 125 Å². The number of nitrogens with zero attached hydrogens (tertiary/aromatic N) is 6. The normalized spacial score (nSPS) is 24.5. The molecular weight excluding hydrogens is 1800 g/mol. The molecule has 1 unspecified atom stereocenters. The van der Waals surface area contributed by atoms with Crippen LogP contribution in [-0.2, 0) is 117 Å². The minimum Gasteiger partial charge on any atom is -0.497 e. The van der Waals surface area contributed by atoms with E-state index in [1.165, 1.54) is 53.9 Å². The van der Waals surface area contributed by atoms with E-state index in [-0.39, 0.29) is 70.2 Å². The number of unbranched alkanes of at least 4 members (excludes halogenated alkanes) is 2. The summed E-state index contributed by atoms with van der Waals surface area (Å²) in [5, 5.41) is 69.2. The third kappa shape index (κ3) is 29.7. The smallest absolute Gasteiger partial charge is 0.305 e. The van der Waals surface area contributed by atoms with E-state index in [2.05, 4.69) is 73.1 Å². The highest BCUT2D eigenvalue weighted by molar-refractivity contribution is 8.00. The Morgan fingerprint density at radius 1 is 0.526 bits per heavy atom. The van der Waals surface area contributed by atoms with E-state index < -0.39 is 273 Å². The van der Waals surface area contributed by atoms with Crippen molar-refractivity contribution in [1.82, 2.24) is 97.6 Å². The van der Waals surface area contributed by atoms with Gasteiger partial charge in [0.15, 0.2) is 0 Å². The average molecular weight is 1930 g/mol. The van der Waals surface area contributed by atoms with Gasteiger partial charge in [-0.05, 0) is 99.4 Å². The Labute approximate surface area is 792 Å². The third-order valence-electron chi connectivity index (χ3n) is 24.4. The van der Waals surface area contributed by atoms with Crippen LogP contribution in [0.5, 0.6) is 5.75 Å². The Balaban J connectivity index is 1.11. The number of hydrogen-bond acceptors (Lipinski definition) is 24. The van der Waals surface area contributed by atoms with Crippen molar-refractivity contribution in [2.45, 2.75) is 233 Å². The molecule has 3 aromatic carbocycles. The van der Waals surface area contributed by atoms with E-state index >= 15 is 38.4 Å². The van der Waals surface area contributed by atoms with Crippen LogP contribution >= 0.6 is 11.8 Å². The summed E-state index contributed by atoms with van der Waals surface area (Å²) < 4.78 is 5.33. The number of ether oxygens (including phenoxy) is 1. The van der Waals surface area contributed by atoms with Crippen LogP contribution in [0.4, 0.5) is 0 Å². The summed E-state index contributed by atoms with van der Waals surface area (Å²) in [7, 11) is 5.23. The number of rotatable bonds is 28. The second kappa shape index (κ2) is 51.0. The van der Waals surface area contributed by atoms with Crippen LogP contribution in [0.1, 0.15) is 139 Å². The summed E-state index contributed by atoms with van der Waals surface area (Å²) in [6.07, 6.45) is -0.312. The molecule has 3 aromatic heterocycles. The molecule has 137 heavy (non-hydrogen) atoms. The van der Waals surface area contributed by atoms with Gasteiger partial charge in [0.1, 0.15) is 90.3 Å². The summed E-state index contributed by atoms with van der Waals surface area (Å²) in [5.41, 5.74) is 14.1. The van der Waals surface area contributed by atoms with E-state index in [1.54, 1.807) is 79.0 Å². The lowest BCUT2D eigenvalue weighted by Crippen LogP contribution is -2.61. The monoisotopic (exact) mass is 1930 g/mol. The predicted molar refractivity (Wildman–Crippen MR) is 495 cm³/mol. The van der Waals surface area contributed by atoms with Crippen LogP contribution in [0.2, 0.25) is 0 Å². The first-order valence-electron chi connectivity index (χ1n) is 45.3. The van der Waals surface area contributed by atoms with Crippen molar-refractivity contribution in [3.05, 3.63) is 120 Å². The van der Waals surface area contributed by atoms with E-state index in [9.17, 15) is 73.2 Å². The van der Waals surface area contributed by atoms with Crippen molar-refractivity contribution in [3.8, 4) is 5.75 Å². The molecule has 3 aliphatic rings. The minimum atomic E-state index is -2.10. The summed E-state index contributed by atoms with van der Waals surface area (Å²) in [6.45, 7) is 3.27. The number of hydrogen-bond donors (Lipinski definition) is 19. The van der Waals surface area contributed by atoms with Gasteiger partial charge in [0.2, 0.25) is 94.5 Å². The highest BCUT2D eigenvalue weighted by atomic mass is 32.2. The maximum absolute atomic E-state index is 15.8. The number of aromatic amines is 3. The Hall–Kier alpha value is -14.1. The number of likely N-dealkylation sites (N-methyl/N-ethyl adjacent to an activating group) is 3. The number of fused-ring (bicyclic) bond motifs is 4. The number of benzene rings is 3. The van der Waals surface area contributed by atoms with Gasteiger partial charge in [-0.25, -0.2) is 4.98 Å². The zero-order valence-corrected chi connectivity index (χ0v) is 78.1. The quantitative estimate of drug-likeness (QED) is 0.0247. The van der Waals surface area contributed by atoms with Crippen molar-refractivity contribution >= 4 is 146 Å². The number of amides is 16. The van der Waals surface area contributed by atoms with Crippen LogP contribution in [0.25, 0.3) is 21.8 Å². The maximum Gasteiger partial charge on any atom is 0.305 e. The van der Waals surface area contributed by atoms with E-state index in [0.29, 0.717) is 69.9 Å². The number of carbonyl (C=O) groups excluding carboxylic acids is 16. The number of carbonyl (C=O) groups is 19. The zero-order chi connectivity index (χ0) is 100. The van der Waals surface area contributed by atoms with Gasteiger partial charge in [-0.2, -0.15) is 0 Å². The number of aliphatic carboxylic acids is 3. The van der Waals surface area contributed by atoms with Crippen molar-refractivity contribution in [3.63, 3.8) is 0 Å². The number of carboxylic acid groups (broad SMARTS) is 3. The number of H-pyrrole nitrogens is 3. The van der Waals surface area contributed by atoms with Gasteiger partial charge in [-0.15, -0.1) is 11.8 Å². The van der Waals surface area contributed by atoms with E-state index in [4.69, 9.17) is 16.2 Å². The van der Waals surface area contributed by atoms with Gasteiger partial charge in [0.05, 0.1) is 44.7 Å². The number of thioether (sulfide) groups is 1. The second-order valence-corrected chi connectivity index (χ2v) is 35.3. The Kier molecular flexibility index (Phi) is 39.7. The highest BCUT2D eigenvalue weighted by Gasteiger charge is 2.47. The van der Waals surface area contributed by atoms with Crippen molar-refractivity contribution in [1.29, 1.82) is 0 Å². The lowest BCUT2D eigenvalue weighted by molar-refractivity contribution is -0.149. The first kappa shape index (κ1) is 107. The maximum atomic E-state index is 15.8. The molecule has 0 bridgehead atoms. The summed E-state index contributed by atoms with van der Waals surface area (Å²) in [6, 6.07) is -3.45. The van der Waals surface area contributed by atoms with Gasteiger partial charge >= 0.3 is 17.9 Å². The molecule has 9 rings (SSSR count). The SMILES string of the molecule is CCCC[C@H]1C(=O)N(C)[C@@H](CCCC)C(=O)N[C@@H](CCCN)C(=O)N[C@H](C(=O)NCC(N)=O)CSCC(=O)N[C@@H](Cc2ccc(OC)cc2)C(=O)N(C)[C@@H](C)C(=O)N[C@@H](CC(=O)O)C(=O)N2CCCC2C(=O)N[C@@H](Cc2cnc[nH]2)C(=O)N[C@@H](CCC(=O)O)C(=O)N2C[C@H](O)C[C@H]2C(=O)N[C@@H](Cc2c[nH]c3ccccc23)C(=O)N[C@@H](CC(=O)O)C(=O)N[C@@H](Cc2c[nH]c3ccccc23)C(=O)N1C. The summed E-state index contributed by atoms with van der Waals surface area (Å²) in [4.78, 5) is 294. The number of imidazole rings is 1. The minimum absolute atomic E-state index is 0.0210. The number of methoxy groups -OCH3 is 1. The fourth-order valence-corrected chi connectivity index (χ4v) is 17.6. The third-order valence-corrected chi connectivity index (χ3v) is 25.4. The number of nitrogens with one attached hydrogen (secondary N) is 13. The van der Waals surface area contributed by atoms with Gasteiger partial charge < -0.3 is 129 Å². The fraction of sp³-hybridized carbons (Fsp3) is 0.516. The molecule has 0 radical (unpaired) electrons. The molecule has 0 saturated carbocycles. The molecule has 45 nitrogen and oxygen atoms in total. The lowest BCUT2D eigenvalue weighted by atomic mass is 9.99. The number of aliphatic hydroxyl groups is 1. The van der Waals surface area contributed by atoms with Crippen molar-refractivity contribution in [2.24, 2.45) is 11.5 Å². The molecule has 0 aliphatic carbocycles. The van der Waals surface area contributed by atoms with E-state index in [0.717, 1.165) is 36.3 Å². The molecular formula is C91H123N21O24S. The van der Waals surface area contributed by atoms with Crippen molar-refractivity contribution < 1.29 is 116 Å². The number of carboxylic acids is 3. The first-order chi connectivity index (χ1) is 65.3. The second-order valence-electron chi connectivity index (χ2n) is 34.3.